The lowest BCUT2D eigenvalue weighted by Crippen LogP contribution is -2.48. The number of rotatable bonds is 3. The van der Waals surface area contributed by atoms with E-state index in [0.29, 0.717) is 0 Å². The molecule has 3 N–H and O–H groups in total. The van der Waals surface area contributed by atoms with Gasteiger partial charge >= 0.3 is 0 Å². The van der Waals surface area contributed by atoms with Crippen molar-refractivity contribution in [2.45, 2.75) is 31.2 Å². The molecule has 3 nitrogen and oxygen atoms in total. The molecule has 86 valence electrons. The van der Waals surface area contributed by atoms with Gasteiger partial charge in [0.15, 0.2) is 0 Å². The van der Waals surface area contributed by atoms with Crippen molar-refractivity contribution < 1.29 is 4.79 Å². The molecule has 1 amide bonds. The number of para-hydroxylation sites is 1. The quantitative estimate of drug-likeness (QED) is 0.896. The fourth-order valence-corrected chi connectivity index (χ4v) is 2.62. The number of halogens is 1. The van der Waals surface area contributed by atoms with Gasteiger partial charge in [0, 0.05) is 10.2 Å². The van der Waals surface area contributed by atoms with E-state index in [1.165, 1.54) is 0 Å². The van der Waals surface area contributed by atoms with Crippen molar-refractivity contribution in [1.82, 2.24) is 0 Å². The van der Waals surface area contributed by atoms with E-state index in [1.807, 2.05) is 24.3 Å². The number of nitrogens with two attached hydrogens (primary N) is 1. The van der Waals surface area contributed by atoms with Gasteiger partial charge in [0.2, 0.25) is 5.91 Å². The maximum atomic E-state index is 11.6. The lowest BCUT2D eigenvalue weighted by Gasteiger charge is -2.28. The highest BCUT2D eigenvalue weighted by Gasteiger charge is 2.39. The third-order valence-electron chi connectivity index (χ3n) is 3.18. The highest BCUT2D eigenvalue weighted by Crippen LogP contribution is 2.35. The Kier molecular flexibility index (Phi) is 3.19. The normalized spacial score (nSPS) is 18.3. The second kappa shape index (κ2) is 4.45. The number of carbonyl (C=O) groups excluding carboxylic acids is 1. The van der Waals surface area contributed by atoms with Crippen LogP contribution in [-0.2, 0) is 4.79 Å². The first-order chi connectivity index (χ1) is 7.64. The third kappa shape index (κ3) is 2.07. The van der Waals surface area contributed by atoms with E-state index >= 15 is 0 Å². The molecular weight excluding hydrogens is 268 g/mol. The average molecular weight is 283 g/mol. The minimum atomic E-state index is -0.552. The number of carbonyl (C=O) groups is 1. The van der Waals surface area contributed by atoms with E-state index in [1.54, 1.807) is 0 Å². The molecule has 1 aromatic carbocycles. The van der Waals surface area contributed by atoms with Gasteiger partial charge in [-0.25, -0.2) is 0 Å². The van der Waals surface area contributed by atoms with Crippen molar-refractivity contribution in [1.29, 1.82) is 0 Å². The van der Waals surface area contributed by atoms with Gasteiger partial charge in [0.1, 0.15) is 5.54 Å². The SMILES string of the molecule is NC(=O)C1(Nc2ccccc2Br)CCCC1. The summed E-state index contributed by atoms with van der Waals surface area (Å²) in [5.74, 6) is -0.249. The number of benzene rings is 1. The standard InChI is InChI=1S/C12H15BrN2O/c13-9-5-1-2-6-10(9)15-12(11(14)16)7-3-4-8-12/h1-2,5-6,15H,3-4,7-8H2,(H2,14,16). The Balaban J connectivity index is 2.25. The summed E-state index contributed by atoms with van der Waals surface area (Å²) in [6, 6.07) is 7.79. The highest BCUT2D eigenvalue weighted by molar-refractivity contribution is 9.10. The van der Waals surface area contributed by atoms with Crippen molar-refractivity contribution >= 4 is 27.5 Å². The number of hydrogen-bond acceptors (Lipinski definition) is 2. The maximum absolute atomic E-state index is 11.6. The van der Waals surface area contributed by atoms with E-state index in [0.717, 1.165) is 35.8 Å². The van der Waals surface area contributed by atoms with Crippen molar-refractivity contribution in [3.8, 4) is 0 Å². The van der Waals surface area contributed by atoms with Gasteiger partial charge in [-0.3, -0.25) is 4.79 Å². The minimum absolute atomic E-state index is 0.249. The summed E-state index contributed by atoms with van der Waals surface area (Å²) < 4.78 is 0.961. The smallest absolute Gasteiger partial charge is 0.243 e. The Morgan fingerprint density at radius 3 is 2.50 bits per heavy atom. The monoisotopic (exact) mass is 282 g/mol. The first-order valence-corrected chi connectivity index (χ1v) is 6.26. The van der Waals surface area contributed by atoms with Crippen LogP contribution in [0, 0.1) is 0 Å². The van der Waals surface area contributed by atoms with Crippen LogP contribution in [0.2, 0.25) is 0 Å². The van der Waals surface area contributed by atoms with Crippen LogP contribution in [0.3, 0.4) is 0 Å². The second-order valence-corrected chi connectivity index (χ2v) is 5.11. The Morgan fingerprint density at radius 1 is 1.31 bits per heavy atom. The molecule has 0 heterocycles. The molecule has 0 aliphatic heterocycles. The van der Waals surface area contributed by atoms with Gasteiger partial charge in [-0.2, -0.15) is 0 Å². The molecule has 0 bridgehead atoms. The molecule has 1 aliphatic carbocycles. The Bertz CT molecular complexity index is 400. The van der Waals surface area contributed by atoms with Crippen LogP contribution in [0.25, 0.3) is 0 Å². The fourth-order valence-electron chi connectivity index (χ4n) is 2.23. The largest absolute Gasteiger partial charge is 0.370 e. The van der Waals surface area contributed by atoms with E-state index in [-0.39, 0.29) is 5.91 Å². The van der Waals surface area contributed by atoms with Crippen LogP contribution in [0.5, 0.6) is 0 Å². The molecule has 4 heteroatoms. The number of amides is 1. The average Bonchev–Trinajstić information content (AvgIpc) is 2.71. The molecule has 1 aromatic rings. The van der Waals surface area contributed by atoms with Gasteiger partial charge < -0.3 is 11.1 Å². The van der Waals surface area contributed by atoms with E-state index in [2.05, 4.69) is 21.2 Å². The zero-order valence-corrected chi connectivity index (χ0v) is 10.6. The summed E-state index contributed by atoms with van der Waals surface area (Å²) in [6.07, 6.45) is 3.76. The summed E-state index contributed by atoms with van der Waals surface area (Å²) in [5.41, 5.74) is 5.90. The summed E-state index contributed by atoms with van der Waals surface area (Å²) in [7, 11) is 0. The molecule has 0 aromatic heterocycles. The Morgan fingerprint density at radius 2 is 1.94 bits per heavy atom. The first kappa shape index (κ1) is 11.5. The summed E-state index contributed by atoms with van der Waals surface area (Å²) in [5, 5.41) is 3.30. The summed E-state index contributed by atoms with van der Waals surface area (Å²) in [4.78, 5) is 11.6. The molecule has 0 unspecified atom stereocenters. The molecule has 0 spiro atoms. The van der Waals surface area contributed by atoms with E-state index < -0.39 is 5.54 Å². The van der Waals surface area contributed by atoms with Crippen molar-refractivity contribution in [2.75, 3.05) is 5.32 Å². The van der Waals surface area contributed by atoms with Crippen LogP contribution in [-0.4, -0.2) is 11.4 Å². The van der Waals surface area contributed by atoms with Crippen molar-refractivity contribution in [3.63, 3.8) is 0 Å². The molecular formula is C12H15BrN2O. The Labute approximate surface area is 104 Å². The molecule has 16 heavy (non-hydrogen) atoms. The molecule has 1 aliphatic rings. The van der Waals surface area contributed by atoms with Gasteiger partial charge in [-0.1, -0.05) is 25.0 Å². The van der Waals surface area contributed by atoms with Crippen molar-refractivity contribution in [2.24, 2.45) is 5.73 Å². The molecule has 1 fully saturated rings. The predicted molar refractivity (Wildman–Crippen MR) is 68.2 cm³/mol. The second-order valence-electron chi connectivity index (χ2n) is 4.26. The van der Waals surface area contributed by atoms with Crippen LogP contribution in [0.4, 0.5) is 5.69 Å². The number of nitrogens with one attached hydrogen (secondary N) is 1. The van der Waals surface area contributed by atoms with E-state index in [4.69, 9.17) is 5.73 Å². The molecule has 0 radical (unpaired) electrons. The van der Waals surface area contributed by atoms with Crippen LogP contribution in [0.15, 0.2) is 28.7 Å². The zero-order valence-electron chi connectivity index (χ0n) is 9.00. The highest BCUT2D eigenvalue weighted by atomic mass is 79.9. The molecule has 1 saturated carbocycles. The summed E-state index contributed by atoms with van der Waals surface area (Å²) >= 11 is 3.46. The number of anilines is 1. The predicted octanol–water partition coefficient (Wildman–Crippen LogP) is 2.66. The first-order valence-electron chi connectivity index (χ1n) is 5.47. The van der Waals surface area contributed by atoms with E-state index in [9.17, 15) is 4.79 Å². The van der Waals surface area contributed by atoms with Crippen LogP contribution >= 0.6 is 15.9 Å². The minimum Gasteiger partial charge on any atom is -0.370 e. The van der Waals surface area contributed by atoms with Gasteiger partial charge in [-0.15, -0.1) is 0 Å². The van der Waals surface area contributed by atoms with Gasteiger partial charge in [0.25, 0.3) is 0 Å². The zero-order chi connectivity index (χ0) is 11.6. The lowest BCUT2D eigenvalue weighted by atomic mass is 9.96. The Hall–Kier alpha value is -1.03. The molecule has 0 saturated heterocycles. The topological polar surface area (TPSA) is 55.1 Å². The van der Waals surface area contributed by atoms with Crippen LogP contribution < -0.4 is 11.1 Å². The van der Waals surface area contributed by atoms with Gasteiger partial charge in [-0.05, 0) is 40.9 Å². The lowest BCUT2D eigenvalue weighted by molar-refractivity contribution is -0.122. The maximum Gasteiger partial charge on any atom is 0.243 e. The number of hydrogen-bond donors (Lipinski definition) is 2. The van der Waals surface area contributed by atoms with Gasteiger partial charge in [0.05, 0.1) is 0 Å². The third-order valence-corrected chi connectivity index (χ3v) is 3.87. The van der Waals surface area contributed by atoms with Crippen molar-refractivity contribution in [3.05, 3.63) is 28.7 Å². The fraction of sp³-hybridized carbons (Fsp3) is 0.417. The van der Waals surface area contributed by atoms with Crippen LogP contribution in [0.1, 0.15) is 25.7 Å². The summed E-state index contributed by atoms with van der Waals surface area (Å²) in [6.45, 7) is 0. The molecule has 2 rings (SSSR count). The number of primary amides is 1. The molecule has 0 atom stereocenters.